The lowest BCUT2D eigenvalue weighted by molar-refractivity contribution is -0.139. The molecule has 1 heterocycles. The Kier molecular flexibility index (Phi) is 4.33. The Labute approximate surface area is 96.8 Å². The maximum atomic E-state index is 12.9. The van der Waals surface area contributed by atoms with Crippen LogP contribution in [0.15, 0.2) is 6.20 Å². The standard InChI is InChI=1S/C10H13F2N3O2/c1-17-7(16)2-5-4-15-10(14)6(3-13)8(5)9(11)12/h4,9H,2-3,13H2,1H3,(H2,14,15). The second-order valence-electron chi connectivity index (χ2n) is 3.32. The molecule has 17 heavy (non-hydrogen) atoms. The van der Waals surface area contributed by atoms with Gasteiger partial charge in [0.2, 0.25) is 0 Å². The Hall–Kier alpha value is -1.76. The summed E-state index contributed by atoms with van der Waals surface area (Å²) in [5, 5.41) is 0. The molecular formula is C10H13F2N3O2. The monoisotopic (exact) mass is 245 g/mol. The highest BCUT2D eigenvalue weighted by molar-refractivity contribution is 5.73. The minimum Gasteiger partial charge on any atom is -0.469 e. The summed E-state index contributed by atoms with van der Waals surface area (Å²) in [6.07, 6.45) is -1.90. The number of methoxy groups -OCH3 is 1. The van der Waals surface area contributed by atoms with Gasteiger partial charge in [0, 0.05) is 23.9 Å². The van der Waals surface area contributed by atoms with Gasteiger partial charge in [-0.05, 0) is 5.56 Å². The van der Waals surface area contributed by atoms with E-state index in [0.717, 1.165) is 6.20 Å². The van der Waals surface area contributed by atoms with E-state index in [4.69, 9.17) is 11.5 Å². The molecule has 0 saturated carbocycles. The Morgan fingerprint density at radius 3 is 2.71 bits per heavy atom. The fraction of sp³-hybridized carbons (Fsp3) is 0.400. The molecule has 5 nitrogen and oxygen atoms in total. The van der Waals surface area contributed by atoms with Crippen LogP contribution in [0.25, 0.3) is 0 Å². The lowest BCUT2D eigenvalue weighted by Crippen LogP contribution is -2.14. The molecule has 7 heteroatoms. The molecule has 1 aromatic rings. The zero-order chi connectivity index (χ0) is 13.0. The number of carbonyl (C=O) groups is 1. The molecule has 0 unspecified atom stereocenters. The summed E-state index contributed by atoms with van der Waals surface area (Å²) in [6.45, 7) is -0.159. The van der Waals surface area contributed by atoms with Gasteiger partial charge >= 0.3 is 5.97 Å². The molecule has 0 saturated heterocycles. The normalized spacial score (nSPS) is 10.6. The second-order valence-corrected chi connectivity index (χ2v) is 3.32. The molecule has 0 radical (unpaired) electrons. The molecule has 94 valence electrons. The van der Waals surface area contributed by atoms with Crippen molar-refractivity contribution >= 4 is 11.8 Å². The van der Waals surface area contributed by atoms with Gasteiger partial charge in [0.15, 0.2) is 0 Å². The van der Waals surface area contributed by atoms with Gasteiger partial charge in [-0.3, -0.25) is 4.79 Å². The third kappa shape index (κ3) is 2.88. The van der Waals surface area contributed by atoms with Crippen molar-refractivity contribution in [3.05, 3.63) is 22.9 Å². The lowest BCUT2D eigenvalue weighted by atomic mass is 10.0. The van der Waals surface area contributed by atoms with Crippen molar-refractivity contribution in [1.82, 2.24) is 4.98 Å². The van der Waals surface area contributed by atoms with E-state index in [9.17, 15) is 13.6 Å². The third-order valence-corrected chi connectivity index (χ3v) is 2.32. The maximum Gasteiger partial charge on any atom is 0.310 e. The van der Waals surface area contributed by atoms with Gasteiger partial charge in [-0.25, -0.2) is 13.8 Å². The average molecular weight is 245 g/mol. The summed E-state index contributed by atoms with van der Waals surface area (Å²) in [7, 11) is 1.18. The van der Waals surface area contributed by atoms with Crippen LogP contribution in [0.2, 0.25) is 0 Å². The van der Waals surface area contributed by atoms with Crippen LogP contribution in [0.1, 0.15) is 23.1 Å². The summed E-state index contributed by atoms with van der Waals surface area (Å²) < 4.78 is 30.3. The van der Waals surface area contributed by atoms with Crippen molar-refractivity contribution in [3.8, 4) is 0 Å². The molecule has 0 spiro atoms. The van der Waals surface area contributed by atoms with Crippen LogP contribution in [-0.2, 0) is 22.5 Å². The molecule has 0 aliphatic heterocycles. The molecule has 0 aromatic carbocycles. The topological polar surface area (TPSA) is 91.2 Å². The number of nitrogens with zero attached hydrogens (tertiary/aromatic N) is 1. The molecule has 0 aliphatic carbocycles. The van der Waals surface area contributed by atoms with Crippen molar-refractivity contribution in [1.29, 1.82) is 0 Å². The number of carbonyl (C=O) groups excluding carboxylic acids is 1. The number of esters is 1. The zero-order valence-electron chi connectivity index (χ0n) is 9.24. The maximum absolute atomic E-state index is 12.9. The number of anilines is 1. The summed E-state index contributed by atoms with van der Waals surface area (Å²) in [5.41, 5.74) is 10.6. The fourth-order valence-corrected chi connectivity index (χ4v) is 1.48. The first-order chi connectivity index (χ1) is 8.01. The first-order valence-electron chi connectivity index (χ1n) is 4.82. The van der Waals surface area contributed by atoms with E-state index >= 15 is 0 Å². The van der Waals surface area contributed by atoms with E-state index < -0.39 is 12.4 Å². The molecular weight excluding hydrogens is 232 g/mol. The predicted octanol–water partition coefficient (Wildman–Crippen LogP) is 0.776. The number of nitrogens with two attached hydrogens (primary N) is 2. The van der Waals surface area contributed by atoms with Gasteiger partial charge in [-0.15, -0.1) is 0 Å². The highest BCUT2D eigenvalue weighted by Gasteiger charge is 2.21. The number of ether oxygens (including phenoxy) is 1. The van der Waals surface area contributed by atoms with E-state index in [1.807, 2.05) is 0 Å². The first-order valence-corrected chi connectivity index (χ1v) is 4.82. The molecule has 0 aliphatic rings. The van der Waals surface area contributed by atoms with E-state index in [1.54, 1.807) is 0 Å². The highest BCUT2D eigenvalue weighted by atomic mass is 19.3. The van der Waals surface area contributed by atoms with Gasteiger partial charge in [0.1, 0.15) is 5.82 Å². The molecule has 0 amide bonds. The zero-order valence-corrected chi connectivity index (χ0v) is 9.24. The van der Waals surface area contributed by atoms with Crippen LogP contribution in [0.4, 0.5) is 14.6 Å². The minimum atomic E-state index is -2.77. The van der Waals surface area contributed by atoms with Crippen LogP contribution < -0.4 is 11.5 Å². The van der Waals surface area contributed by atoms with Gasteiger partial charge < -0.3 is 16.2 Å². The van der Waals surface area contributed by atoms with E-state index in [0.29, 0.717) is 0 Å². The molecule has 4 N–H and O–H groups in total. The fourth-order valence-electron chi connectivity index (χ4n) is 1.48. The SMILES string of the molecule is COC(=O)Cc1cnc(N)c(CN)c1C(F)F. The van der Waals surface area contributed by atoms with Crippen molar-refractivity contribution in [2.24, 2.45) is 5.73 Å². The molecule has 0 bridgehead atoms. The largest absolute Gasteiger partial charge is 0.469 e. The lowest BCUT2D eigenvalue weighted by Gasteiger charge is -2.13. The number of nitrogen functional groups attached to an aromatic ring is 1. The summed E-state index contributed by atoms with van der Waals surface area (Å²) >= 11 is 0. The van der Waals surface area contributed by atoms with Crippen LogP contribution in [0, 0.1) is 0 Å². The van der Waals surface area contributed by atoms with Crippen molar-refractivity contribution in [2.75, 3.05) is 12.8 Å². The number of rotatable bonds is 4. The molecule has 0 atom stereocenters. The van der Waals surface area contributed by atoms with Gasteiger partial charge in [-0.1, -0.05) is 0 Å². The van der Waals surface area contributed by atoms with E-state index in [2.05, 4.69) is 9.72 Å². The first kappa shape index (κ1) is 13.3. The number of aromatic nitrogens is 1. The van der Waals surface area contributed by atoms with Crippen LogP contribution in [0.5, 0.6) is 0 Å². The highest BCUT2D eigenvalue weighted by Crippen LogP contribution is 2.29. The van der Waals surface area contributed by atoms with E-state index in [-0.39, 0.29) is 35.5 Å². The van der Waals surface area contributed by atoms with Crippen LogP contribution in [0.3, 0.4) is 0 Å². The predicted molar refractivity (Wildman–Crippen MR) is 57.2 cm³/mol. The van der Waals surface area contributed by atoms with E-state index in [1.165, 1.54) is 7.11 Å². The van der Waals surface area contributed by atoms with Crippen molar-refractivity contribution in [2.45, 2.75) is 19.4 Å². The summed E-state index contributed by atoms with van der Waals surface area (Å²) in [4.78, 5) is 14.8. The molecule has 1 rings (SSSR count). The second kappa shape index (κ2) is 5.53. The Balaban J connectivity index is 3.25. The number of alkyl halides is 2. The smallest absolute Gasteiger partial charge is 0.310 e. The van der Waals surface area contributed by atoms with Gasteiger partial charge in [-0.2, -0.15) is 0 Å². The number of pyridine rings is 1. The van der Waals surface area contributed by atoms with Crippen LogP contribution in [-0.4, -0.2) is 18.1 Å². The van der Waals surface area contributed by atoms with Crippen molar-refractivity contribution < 1.29 is 18.3 Å². The third-order valence-electron chi connectivity index (χ3n) is 2.32. The minimum absolute atomic E-state index is 0.0450. The quantitative estimate of drug-likeness (QED) is 0.765. The van der Waals surface area contributed by atoms with Crippen molar-refractivity contribution in [3.63, 3.8) is 0 Å². The number of hydrogen-bond donors (Lipinski definition) is 2. The Morgan fingerprint density at radius 2 is 2.24 bits per heavy atom. The van der Waals surface area contributed by atoms with Gasteiger partial charge in [0.05, 0.1) is 13.5 Å². The number of halogens is 2. The average Bonchev–Trinajstić information content (AvgIpc) is 2.30. The summed E-state index contributed by atoms with van der Waals surface area (Å²) in [5.74, 6) is -0.669. The number of hydrogen-bond acceptors (Lipinski definition) is 5. The Morgan fingerprint density at radius 1 is 1.59 bits per heavy atom. The molecule has 1 aromatic heterocycles. The summed E-state index contributed by atoms with van der Waals surface area (Å²) in [6, 6.07) is 0. The molecule has 0 fully saturated rings. The Bertz CT molecular complexity index is 424. The van der Waals surface area contributed by atoms with Gasteiger partial charge in [0.25, 0.3) is 6.43 Å². The van der Waals surface area contributed by atoms with Crippen LogP contribution >= 0.6 is 0 Å².